The SMILES string of the molecule is COc1ccc([C@H]2CC(c3cccs3)=NN2C(=O)CCC(=O)O)c(OC)c1. The Morgan fingerprint density at radius 3 is 2.70 bits per heavy atom. The standard InChI is InChI=1S/C19H20N2O5S/c1-25-12-5-6-13(16(10-12)26-2)15-11-14(17-4-3-9-27-17)20-21(15)18(22)7-8-19(23)24/h3-6,9-10,15H,7-8,11H2,1-2H3,(H,23,24)/t15-/m1/s1. The summed E-state index contributed by atoms with van der Waals surface area (Å²) in [5.74, 6) is -0.0924. The summed E-state index contributed by atoms with van der Waals surface area (Å²) in [6.45, 7) is 0. The van der Waals surface area contributed by atoms with Crippen molar-refractivity contribution in [1.29, 1.82) is 0 Å². The number of benzene rings is 1. The van der Waals surface area contributed by atoms with E-state index in [0.29, 0.717) is 17.9 Å². The van der Waals surface area contributed by atoms with Crippen molar-refractivity contribution < 1.29 is 24.2 Å². The van der Waals surface area contributed by atoms with E-state index in [1.165, 1.54) is 5.01 Å². The molecule has 0 saturated carbocycles. The fraction of sp³-hybridized carbons (Fsp3) is 0.316. The van der Waals surface area contributed by atoms with Gasteiger partial charge in [0.15, 0.2) is 0 Å². The highest BCUT2D eigenvalue weighted by atomic mass is 32.1. The number of amides is 1. The zero-order chi connectivity index (χ0) is 19.4. The minimum absolute atomic E-state index is 0.106. The molecule has 7 nitrogen and oxygen atoms in total. The van der Waals surface area contributed by atoms with Gasteiger partial charge in [0.1, 0.15) is 11.5 Å². The molecule has 1 aliphatic rings. The van der Waals surface area contributed by atoms with Gasteiger partial charge in [0.2, 0.25) is 5.91 Å². The lowest BCUT2D eigenvalue weighted by Gasteiger charge is -2.23. The molecular formula is C19H20N2O5S. The van der Waals surface area contributed by atoms with Crippen molar-refractivity contribution in [2.75, 3.05) is 14.2 Å². The Morgan fingerprint density at radius 2 is 2.07 bits per heavy atom. The number of carbonyl (C=O) groups excluding carboxylic acids is 1. The molecule has 0 bridgehead atoms. The number of nitrogens with zero attached hydrogens (tertiary/aromatic N) is 2. The van der Waals surface area contributed by atoms with E-state index >= 15 is 0 Å². The second-order valence-corrected chi connectivity index (χ2v) is 6.93. The number of rotatable bonds is 7. The van der Waals surface area contributed by atoms with Crippen molar-refractivity contribution in [3.8, 4) is 11.5 Å². The molecule has 0 aliphatic carbocycles. The van der Waals surface area contributed by atoms with Crippen LogP contribution in [0.15, 0.2) is 40.8 Å². The van der Waals surface area contributed by atoms with Crippen molar-refractivity contribution >= 4 is 28.9 Å². The van der Waals surface area contributed by atoms with Gasteiger partial charge in [-0.15, -0.1) is 11.3 Å². The van der Waals surface area contributed by atoms with Crippen molar-refractivity contribution in [2.24, 2.45) is 5.10 Å². The largest absolute Gasteiger partial charge is 0.497 e. The summed E-state index contributed by atoms with van der Waals surface area (Å²) in [6, 6.07) is 8.95. The predicted octanol–water partition coefficient (Wildman–Crippen LogP) is 3.31. The van der Waals surface area contributed by atoms with Crippen LogP contribution in [0.5, 0.6) is 11.5 Å². The van der Waals surface area contributed by atoms with Gasteiger partial charge in [-0.1, -0.05) is 6.07 Å². The summed E-state index contributed by atoms with van der Waals surface area (Å²) in [7, 11) is 3.13. The van der Waals surface area contributed by atoms with E-state index in [9.17, 15) is 9.59 Å². The number of hydrogen-bond acceptors (Lipinski definition) is 6. The highest BCUT2D eigenvalue weighted by molar-refractivity contribution is 7.12. The van der Waals surface area contributed by atoms with Crippen LogP contribution in [0.2, 0.25) is 0 Å². The van der Waals surface area contributed by atoms with Crippen LogP contribution >= 0.6 is 11.3 Å². The van der Waals surface area contributed by atoms with Gasteiger partial charge in [-0.3, -0.25) is 9.59 Å². The van der Waals surface area contributed by atoms with E-state index < -0.39 is 5.97 Å². The van der Waals surface area contributed by atoms with Crippen LogP contribution < -0.4 is 9.47 Å². The average molecular weight is 388 g/mol. The van der Waals surface area contributed by atoms with Crippen molar-refractivity contribution in [1.82, 2.24) is 5.01 Å². The lowest BCUT2D eigenvalue weighted by molar-refractivity contribution is -0.141. The highest BCUT2D eigenvalue weighted by Crippen LogP contribution is 2.39. The van der Waals surface area contributed by atoms with E-state index in [-0.39, 0.29) is 24.8 Å². The maximum absolute atomic E-state index is 12.7. The molecule has 1 aromatic carbocycles. The summed E-state index contributed by atoms with van der Waals surface area (Å²) in [6.07, 6.45) is 0.194. The first-order chi connectivity index (χ1) is 13.0. The average Bonchev–Trinajstić information content (AvgIpc) is 3.35. The van der Waals surface area contributed by atoms with E-state index in [2.05, 4.69) is 5.10 Å². The van der Waals surface area contributed by atoms with Gasteiger partial charge < -0.3 is 14.6 Å². The van der Waals surface area contributed by atoms with Crippen molar-refractivity contribution in [3.63, 3.8) is 0 Å². The summed E-state index contributed by atoms with van der Waals surface area (Å²) < 4.78 is 10.7. The number of carbonyl (C=O) groups is 2. The molecule has 0 fully saturated rings. The molecule has 2 aromatic rings. The van der Waals surface area contributed by atoms with Gasteiger partial charge in [0.25, 0.3) is 0 Å². The molecule has 0 saturated heterocycles. The summed E-state index contributed by atoms with van der Waals surface area (Å²) in [4.78, 5) is 24.5. The number of thiophene rings is 1. The number of hydrogen-bond donors (Lipinski definition) is 1. The van der Waals surface area contributed by atoms with E-state index in [0.717, 1.165) is 16.2 Å². The smallest absolute Gasteiger partial charge is 0.303 e. The molecule has 2 heterocycles. The Hall–Kier alpha value is -2.87. The molecule has 27 heavy (non-hydrogen) atoms. The van der Waals surface area contributed by atoms with Crippen LogP contribution in [0, 0.1) is 0 Å². The summed E-state index contributed by atoms with van der Waals surface area (Å²) in [5.41, 5.74) is 1.61. The summed E-state index contributed by atoms with van der Waals surface area (Å²) in [5, 5.41) is 16.8. The number of hydrazone groups is 1. The molecule has 1 aromatic heterocycles. The third kappa shape index (κ3) is 4.11. The summed E-state index contributed by atoms with van der Waals surface area (Å²) >= 11 is 1.55. The lowest BCUT2D eigenvalue weighted by atomic mass is 9.99. The quantitative estimate of drug-likeness (QED) is 0.786. The monoisotopic (exact) mass is 388 g/mol. The fourth-order valence-corrected chi connectivity index (χ4v) is 3.72. The number of aliphatic carboxylic acids is 1. The zero-order valence-corrected chi connectivity index (χ0v) is 15.9. The van der Waals surface area contributed by atoms with E-state index in [1.807, 2.05) is 23.6 Å². The van der Waals surface area contributed by atoms with Crippen LogP contribution in [0.25, 0.3) is 0 Å². The molecule has 0 unspecified atom stereocenters. The van der Waals surface area contributed by atoms with Gasteiger partial charge >= 0.3 is 5.97 Å². The Kier molecular flexibility index (Phi) is 5.75. The van der Waals surface area contributed by atoms with Crippen molar-refractivity contribution in [3.05, 3.63) is 46.2 Å². The lowest BCUT2D eigenvalue weighted by Crippen LogP contribution is -2.27. The third-order valence-electron chi connectivity index (χ3n) is 4.32. The molecule has 1 atom stereocenters. The molecule has 8 heteroatoms. The maximum atomic E-state index is 12.7. The molecule has 3 rings (SSSR count). The van der Waals surface area contributed by atoms with Crippen LogP contribution in [-0.4, -0.2) is 41.9 Å². The number of ether oxygens (including phenoxy) is 2. The number of carboxylic acid groups (broad SMARTS) is 1. The molecule has 1 aliphatic heterocycles. The minimum atomic E-state index is -1.01. The second kappa shape index (κ2) is 8.22. The van der Waals surface area contributed by atoms with Crippen LogP contribution in [0.3, 0.4) is 0 Å². The predicted molar refractivity (Wildman–Crippen MR) is 101 cm³/mol. The Labute approximate surface area is 160 Å². The van der Waals surface area contributed by atoms with Gasteiger partial charge in [-0.2, -0.15) is 5.10 Å². The third-order valence-corrected chi connectivity index (χ3v) is 5.24. The first-order valence-corrected chi connectivity index (χ1v) is 9.28. The first kappa shape index (κ1) is 18.9. The minimum Gasteiger partial charge on any atom is -0.497 e. The molecule has 0 spiro atoms. The Balaban J connectivity index is 1.94. The molecule has 142 valence electrons. The Bertz CT molecular complexity index is 863. The molecule has 1 amide bonds. The van der Waals surface area contributed by atoms with E-state index in [1.54, 1.807) is 37.7 Å². The second-order valence-electron chi connectivity index (χ2n) is 5.98. The van der Waals surface area contributed by atoms with Crippen LogP contribution in [0.4, 0.5) is 0 Å². The maximum Gasteiger partial charge on any atom is 0.303 e. The van der Waals surface area contributed by atoms with E-state index in [4.69, 9.17) is 14.6 Å². The van der Waals surface area contributed by atoms with Crippen LogP contribution in [-0.2, 0) is 9.59 Å². The topological polar surface area (TPSA) is 88.4 Å². The Morgan fingerprint density at radius 1 is 1.26 bits per heavy atom. The number of methoxy groups -OCH3 is 2. The fourth-order valence-electron chi connectivity index (χ4n) is 3.00. The van der Waals surface area contributed by atoms with Gasteiger partial charge in [0.05, 0.1) is 37.3 Å². The molecule has 0 radical (unpaired) electrons. The van der Waals surface area contributed by atoms with Crippen LogP contribution in [0.1, 0.15) is 35.7 Å². The first-order valence-electron chi connectivity index (χ1n) is 8.40. The molecular weight excluding hydrogens is 368 g/mol. The normalized spacial score (nSPS) is 16.1. The van der Waals surface area contributed by atoms with Crippen molar-refractivity contribution in [2.45, 2.75) is 25.3 Å². The zero-order valence-electron chi connectivity index (χ0n) is 15.0. The molecule has 1 N–H and O–H groups in total. The van der Waals surface area contributed by atoms with Gasteiger partial charge in [-0.05, 0) is 23.6 Å². The number of carboxylic acids is 1. The van der Waals surface area contributed by atoms with Gasteiger partial charge in [-0.25, -0.2) is 5.01 Å². The van der Waals surface area contributed by atoms with Gasteiger partial charge in [0, 0.05) is 24.5 Å². The highest BCUT2D eigenvalue weighted by Gasteiger charge is 2.35.